The van der Waals surface area contributed by atoms with E-state index in [9.17, 15) is 4.79 Å². The van der Waals surface area contributed by atoms with Crippen molar-refractivity contribution in [2.24, 2.45) is 0 Å². The molecule has 2 N–H and O–H groups in total. The first kappa shape index (κ1) is 12.4. The van der Waals surface area contributed by atoms with Crippen LogP contribution in [0.1, 0.15) is 11.3 Å². The van der Waals surface area contributed by atoms with Gasteiger partial charge in [0.15, 0.2) is 17.9 Å². The van der Waals surface area contributed by atoms with Gasteiger partial charge in [-0.1, -0.05) is 12.1 Å². The monoisotopic (exact) mass is 250 g/mol. The summed E-state index contributed by atoms with van der Waals surface area (Å²) in [7, 11) is 0. The molecule has 5 heteroatoms. The average Bonchev–Trinajstić information content (AvgIpc) is 2.65. The highest BCUT2D eigenvalue weighted by molar-refractivity contribution is 5.87. The molecule has 0 unspecified atom stereocenters. The maximum Gasteiger partial charge on any atom is 0.341 e. The van der Waals surface area contributed by atoms with Gasteiger partial charge in [-0.25, -0.2) is 4.79 Å². The van der Waals surface area contributed by atoms with Crippen molar-refractivity contribution in [3.63, 3.8) is 0 Å². The molecule has 2 rings (SSSR count). The predicted octanol–water partition coefficient (Wildman–Crippen LogP) is 1.74. The minimum absolute atomic E-state index is 0.0374. The van der Waals surface area contributed by atoms with Gasteiger partial charge in [0.2, 0.25) is 0 Å². The Balaban J connectivity index is 2.43. The second-order valence-electron chi connectivity index (χ2n) is 3.93. The molecule has 1 heterocycles. The highest BCUT2D eigenvalue weighted by Gasteiger charge is 2.14. The molecule has 18 heavy (non-hydrogen) atoms. The Morgan fingerprint density at radius 3 is 2.89 bits per heavy atom. The second-order valence-corrected chi connectivity index (χ2v) is 3.93. The number of carbonyl (C=O) groups is 1. The third kappa shape index (κ3) is 2.31. The number of para-hydroxylation sites is 1. The number of benzene rings is 1. The number of aryl methyl sites for hydroxylation is 1. The maximum atomic E-state index is 10.5. The Morgan fingerprint density at radius 1 is 1.44 bits per heavy atom. The van der Waals surface area contributed by atoms with Crippen LogP contribution in [0.4, 0.5) is 0 Å². The molecule has 0 fully saturated rings. The van der Waals surface area contributed by atoms with E-state index in [0.717, 1.165) is 10.9 Å². The third-order valence-electron chi connectivity index (χ3n) is 2.70. The first-order chi connectivity index (χ1) is 8.63. The number of furan rings is 1. The lowest BCUT2D eigenvalue weighted by atomic mass is 10.1. The van der Waals surface area contributed by atoms with E-state index in [1.807, 2.05) is 13.0 Å². The van der Waals surface area contributed by atoms with E-state index in [4.69, 9.17) is 19.4 Å². The van der Waals surface area contributed by atoms with Crippen LogP contribution in [0, 0.1) is 6.92 Å². The Bertz CT molecular complexity index is 570. The van der Waals surface area contributed by atoms with Gasteiger partial charge in [0, 0.05) is 17.6 Å². The van der Waals surface area contributed by atoms with Crippen molar-refractivity contribution in [3.05, 3.63) is 29.5 Å². The van der Waals surface area contributed by atoms with Crippen molar-refractivity contribution < 1.29 is 24.2 Å². The number of rotatable bonds is 5. The fourth-order valence-electron chi connectivity index (χ4n) is 1.94. The predicted molar refractivity (Wildman–Crippen MR) is 64.9 cm³/mol. The van der Waals surface area contributed by atoms with E-state index in [1.54, 1.807) is 12.1 Å². The number of hydrogen-bond acceptors (Lipinski definition) is 4. The quantitative estimate of drug-likeness (QED) is 0.844. The van der Waals surface area contributed by atoms with E-state index >= 15 is 0 Å². The first-order valence-electron chi connectivity index (χ1n) is 5.60. The van der Waals surface area contributed by atoms with Crippen molar-refractivity contribution in [1.29, 1.82) is 0 Å². The van der Waals surface area contributed by atoms with Crippen molar-refractivity contribution in [2.45, 2.75) is 13.3 Å². The minimum Gasteiger partial charge on any atom is -0.479 e. The summed E-state index contributed by atoms with van der Waals surface area (Å²) in [5.41, 5.74) is 1.45. The van der Waals surface area contributed by atoms with Crippen LogP contribution < -0.4 is 4.74 Å². The SMILES string of the molecule is Cc1oc2c(OCC(=O)O)cccc2c1CCO. The van der Waals surface area contributed by atoms with Crippen LogP contribution in [-0.2, 0) is 11.2 Å². The van der Waals surface area contributed by atoms with E-state index in [0.29, 0.717) is 23.5 Å². The summed E-state index contributed by atoms with van der Waals surface area (Å²) in [5.74, 6) is 0.0819. The first-order valence-corrected chi connectivity index (χ1v) is 5.60. The summed E-state index contributed by atoms with van der Waals surface area (Å²) in [6.45, 7) is 1.44. The Hall–Kier alpha value is -2.01. The molecule has 0 aliphatic carbocycles. The van der Waals surface area contributed by atoms with E-state index < -0.39 is 12.6 Å². The number of fused-ring (bicyclic) bond motifs is 1. The van der Waals surface area contributed by atoms with Crippen LogP contribution >= 0.6 is 0 Å². The van der Waals surface area contributed by atoms with Crippen molar-refractivity contribution >= 4 is 16.9 Å². The Labute approximate surface area is 104 Å². The highest BCUT2D eigenvalue weighted by atomic mass is 16.5. The number of hydrogen-bond donors (Lipinski definition) is 2. The lowest BCUT2D eigenvalue weighted by molar-refractivity contribution is -0.139. The third-order valence-corrected chi connectivity index (χ3v) is 2.70. The lowest BCUT2D eigenvalue weighted by Gasteiger charge is -2.03. The van der Waals surface area contributed by atoms with Gasteiger partial charge in [0.25, 0.3) is 0 Å². The molecule has 1 aromatic heterocycles. The summed E-state index contributed by atoms with van der Waals surface area (Å²) in [6.07, 6.45) is 0.501. The molecular formula is C13H14O5. The van der Waals surface area contributed by atoms with Gasteiger partial charge >= 0.3 is 5.97 Å². The molecule has 0 saturated carbocycles. The average molecular weight is 250 g/mol. The summed E-state index contributed by atoms with van der Waals surface area (Å²) >= 11 is 0. The zero-order chi connectivity index (χ0) is 13.1. The smallest absolute Gasteiger partial charge is 0.341 e. The molecule has 0 atom stereocenters. The van der Waals surface area contributed by atoms with Crippen LogP contribution in [0.2, 0.25) is 0 Å². The maximum absolute atomic E-state index is 10.5. The lowest BCUT2D eigenvalue weighted by Crippen LogP contribution is -2.09. The van der Waals surface area contributed by atoms with Crippen LogP contribution in [0.3, 0.4) is 0 Å². The summed E-state index contributed by atoms with van der Waals surface area (Å²) < 4.78 is 10.8. The van der Waals surface area contributed by atoms with Crippen molar-refractivity contribution in [1.82, 2.24) is 0 Å². The van der Waals surface area contributed by atoms with Gasteiger partial charge in [0.1, 0.15) is 5.76 Å². The topological polar surface area (TPSA) is 79.9 Å². The molecule has 0 spiro atoms. The molecule has 5 nitrogen and oxygen atoms in total. The van der Waals surface area contributed by atoms with E-state index in [1.165, 1.54) is 0 Å². The largest absolute Gasteiger partial charge is 0.479 e. The fraction of sp³-hybridized carbons (Fsp3) is 0.308. The van der Waals surface area contributed by atoms with Gasteiger partial charge in [0.05, 0.1) is 0 Å². The molecule has 2 aromatic rings. The van der Waals surface area contributed by atoms with Gasteiger partial charge < -0.3 is 19.4 Å². The summed E-state index contributed by atoms with van der Waals surface area (Å²) in [4.78, 5) is 10.5. The fourth-order valence-corrected chi connectivity index (χ4v) is 1.94. The van der Waals surface area contributed by atoms with Gasteiger partial charge in [-0.15, -0.1) is 0 Å². The number of carboxylic acid groups (broad SMARTS) is 1. The molecule has 0 radical (unpaired) electrons. The number of aliphatic hydroxyl groups excluding tert-OH is 1. The molecule has 0 saturated heterocycles. The van der Waals surface area contributed by atoms with Crippen LogP contribution in [-0.4, -0.2) is 29.4 Å². The standard InChI is InChI=1S/C13H14O5/c1-8-9(5-6-14)10-3-2-4-11(13(10)18-8)17-7-12(15)16/h2-4,14H,5-7H2,1H3,(H,15,16). The van der Waals surface area contributed by atoms with Crippen molar-refractivity contribution in [3.8, 4) is 5.75 Å². The van der Waals surface area contributed by atoms with Crippen LogP contribution in [0.15, 0.2) is 22.6 Å². The van der Waals surface area contributed by atoms with E-state index in [-0.39, 0.29) is 6.61 Å². The molecule has 0 amide bonds. The molecule has 0 bridgehead atoms. The Morgan fingerprint density at radius 2 is 2.22 bits per heavy atom. The highest BCUT2D eigenvalue weighted by Crippen LogP contribution is 2.32. The second kappa shape index (κ2) is 5.10. The number of ether oxygens (including phenoxy) is 1. The normalized spacial score (nSPS) is 10.8. The van der Waals surface area contributed by atoms with Gasteiger partial charge in [-0.05, 0) is 19.4 Å². The molecule has 0 aliphatic heterocycles. The zero-order valence-electron chi connectivity index (χ0n) is 9.97. The van der Waals surface area contributed by atoms with E-state index in [2.05, 4.69) is 0 Å². The molecule has 0 aliphatic rings. The summed E-state index contributed by atoms with van der Waals surface area (Å²) in [6, 6.07) is 5.30. The summed E-state index contributed by atoms with van der Waals surface area (Å²) in [5, 5.41) is 18.5. The Kier molecular flexibility index (Phi) is 3.53. The zero-order valence-corrected chi connectivity index (χ0v) is 9.97. The van der Waals surface area contributed by atoms with Crippen molar-refractivity contribution in [2.75, 3.05) is 13.2 Å². The van der Waals surface area contributed by atoms with Gasteiger partial charge in [-0.3, -0.25) is 0 Å². The van der Waals surface area contributed by atoms with Gasteiger partial charge in [-0.2, -0.15) is 0 Å². The molecule has 1 aromatic carbocycles. The number of aliphatic hydroxyl groups is 1. The van der Waals surface area contributed by atoms with Crippen LogP contribution in [0.5, 0.6) is 5.75 Å². The van der Waals surface area contributed by atoms with Crippen LogP contribution in [0.25, 0.3) is 11.0 Å². The number of aliphatic carboxylic acids is 1. The molecule has 96 valence electrons. The molecular weight excluding hydrogens is 236 g/mol. The minimum atomic E-state index is -1.04. The number of carboxylic acids is 1.